The van der Waals surface area contributed by atoms with E-state index in [0.29, 0.717) is 17.8 Å². The minimum absolute atomic E-state index is 0.179. The Morgan fingerprint density at radius 3 is 2.59 bits per heavy atom. The normalized spacial score (nSPS) is 13.3. The number of para-hydroxylation sites is 1. The minimum atomic E-state index is -0.387. The Morgan fingerprint density at radius 1 is 1.05 bits per heavy atom. The first-order valence-corrected chi connectivity index (χ1v) is 7.06. The van der Waals surface area contributed by atoms with Gasteiger partial charge in [0.05, 0.1) is 11.1 Å². The molecule has 108 valence electrons. The summed E-state index contributed by atoms with van der Waals surface area (Å²) in [4.78, 5) is 39.6. The molecule has 0 saturated heterocycles. The first-order valence-electron chi connectivity index (χ1n) is 7.06. The molecule has 0 saturated carbocycles. The first-order chi connectivity index (χ1) is 10.6. The van der Waals surface area contributed by atoms with Gasteiger partial charge in [0.2, 0.25) is 11.3 Å². The molecule has 0 unspecified atom stereocenters. The van der Waals surface area contributed by atoms with Crippen molar-refractivity contribution in [3.05, 3.63) is 69.3 Å². The zero-order valence-corrected chi connectivity index (χ0v) is 11.8. The van der Waals surface area contributed by atoms with E-state index in [1.807, 2.05) is 35.8 Å². The van der Waals surface area contributed by atoms with Crippen LogP contribution in [-0.2, 0) is 6.54 Å². The smallest absolute Gasteiger partial charge is 0.248 e. The number of nitrogens with zero attached hydrogens (tertiary/aromatic N) is 1. The number of nitrogens with one attached hydrogen (secondary N) is 1. The van der Waals surface area contributed by atoms with Crippen LogP contribution in [0.15, 0.2) is 41.3 Å². The molecule has 5 heteroatoms. The molecule has 0 atom stereocenters. The molecule has 0 spiro atoms. The minimum Gasteiger partial charge on any atom is -0.337 e. The fourth-order valence-corrected chi connectivity index (χ4v) is 3.21. The van der Waals surface area contributed by atoms with Gasteiger partial charge in [0.1, 0.15) is 5.69 Å². The van der Waals surface area contributed by atoms with Crippen LogP contribution in [0.3, 0.4) is 0 Å². The molecule has 0 bridgehead atoms. The van der Waals surface area contributed by atoms with Gasteiger partial charge in [-0.15, -0.1) is 0 Å². The third kappa shape index (κ3) is 1.45. The van der Waals surface area contributed by atoms with E-state index >= 15 is 0 Å². The second-order valence-corrected chi connectivity index (χ2v) is 5.27. The van der Waals surface area contributed by atoms with Crippen LogP contribution in [0.2, 0.25) is 0 Å². The van der Waals surface area contributed by atoms with Crippen LogP contribution in [-0.4, -0.2) is 21.1 Å². The van der Waals surface area contributed by atoms with Gasteiger partial charge < -0.3 is 9.55 Å². The van der Waals surface area contributed by atoms with E-state index in [-0.39, 0.29) is 28.3 Å². The molecule has 22 heavy (non-hydrogen) atoms. The third-order valence-corrected chi connectivity index (χ3v) is 4.14. The van der Waals surface area contributed by atoms with Gasteiger partial charge in [-0.25, -0.2) is 0 Å². The molecule has 5 nitrogen and oxygen atoms in total. The van der Waals surface area contributed by atoms with Crippen molar-refractivity contribution in [2.24, 2.45) is 0 Å². The lowest BCUT2D eigenvalue weighted by molar-refractivity contribution is 0.0974. The van der Waals surface area contributed by atoms with Crippen LogP contribution in [0, 0.1) is 0 Å². The number of aromatic nitrogens is 2. The Morgan fingerprint density at radius 2 is 1.82 bits per heavy atom. The van der Waals surface area contributed by atoms with E-state index < -0.39 is 0 Å². The number of pyridine rings is 1. The maximum atomic E-state index is 12.8. The highest BCUT2D eigenvalue weighted by Crippen LogP contribution is 2.34. The molecule has 2 aromatic heterocycles. The van der Waals surface area contributed by atoms with Crippen molar-refractivity contribution in [2.75, 3.05) is 0 Å². The van der Waals surface area contributed by atoms with Crippen LogP contribution in [0.1, 0.15) is 38.9 Å². The number of hydrogen-bond acceptors (Lipinski definition) is 3. The van der Waals surface area contributed by atoms with Gasteiger partial charge in [-0.1, -0.05) is 18.2 Å². The van der Waals surface area contributed by atoms with Crippen molar-refractivity contribution < 1.29 is 9.59 Å². The molecule has 1 aromatic carbocycles. The molecule has 0 radical (unpaired) electrons. The SMILES string of the molecule is CCn1c2c(c3ccccc31)C(=O)c1c[nH]c(=O)cc1C2=O. The topological polar surface area (TPSA) is 71.9 Å². The molecule has 4 rings (SSSR count). The van der Waals surface area contributed by atoms with Gasteiger partial charge in [0.25, 0.3) is 0 Å². The average Bonchev–Trinajstić information content (AvgIpc) is 2.87. The summed E-state index contributed by atoms with van der Waals surface area (Å²) in [6, 6.07) is 8.68. The summed E-state index contributed by atoms with van der Waals surface area (Å²) < 4.78 is 1.84. The molecule has 3 aromatic rings. The fourth-order valence-electron chi connectivity index (χ4n) is 3.21. The number of benzene rings is 1. The first kappa shape index (κ1) is 12.8. The van der Waals surface area contributed by atoms with Crippen molar-refractivity contribution in [3.8, 4) is 0 Å². The number of ketones is 2. The van der Waals surface area contributed by atoms with Gasteiger partial charge >= 0.3 is 0 Å². The molecule has 2 heterocycles. The van der Waals surface area contributed by atoms with Gasteiger partial charge in [-0.3, -0.25) is 14.4 Å². The lowest BCUT2D eigenvalue weighted by atomic mass is 9.88. The van der Waals surface area contributed by atoms with Crippen molar-refractivity contribution in [1.82, 2.24) is 9.55 Å². The summed E-state index contributed by atoms with van der Waals surface area (Å²) in [5.41, 5.74) is 1.72. The molecular weight excluding hydrogens is 280 g/mol. The molecule has 1 aliphatic rings. The number of hydrogen-bond donors (Lipinski definition) is 1. The van der Waals surface area contributed by atoms with E-state index in [0.717, 1.165) is 10.9 Å². The molecular formula is C17H12N2O3. The highest BCUT2D eigenvalue weighted by molar-refractivity contribution is 6.32. The summed E-state index contributed by atoms with van der Waals surface area (Å²) in [5, 5.41) is 0.773. The maximum absolute atomic E-state index is 12.8. The average molecular weight is 292 g/mol. The molecule has 0 amide bonds. The predicted octanol–water partition coefficient (Wildman–Crippen LogP) is 2.12. The van der Waals surface area contributed by atoms with Crippen molar-refractivity contribution in [3.63, 3.8) is 0 Å². The van der Waals surface area contributed by atoms with Gasteiger partial charge in [0, 0.05) is 35.3 Å². The number of carbonyl (C=O) groups is 2. The number of aryl methyl sites for hydroxylation is 1. The van der Waals surface area contributed by atoms with Crippen LogP contribution >= 0.6 is 0 Å². The van der Waals surface area contributed by atoms with E-state index in [9.17, 15) is 14.4 Å². The Kier molecular flexibility index (Phi) is 2.48. The second-order valence-electron chi connectivity index (χ2n) is 5.27. The molecule has 0 fully saturated rings. The highest BCUT2D eigenvalue weighted by atomic mass is 16.1. The van der Waals surface area contributed by atoms with E-state index in [2.05, 4.69) is 4.98 Å². The predicted molar refractivity (Wildman–Crippen MR) is 81.5 cm³/mol. The van der Waals surface area contributed by atoms with Gasteiger partial charge in [-0.2, -0.15) is 0 Å². The van der Waals surface area contributed by atoms with E-state index in [1.165, 1.54) is 12.3 Å². The van der Waals surface area contributed by atoms with Crippen molar-refractivity contribution >= 4 is 22.5 Å². The van der Waals surface area contributed by atoms with Crippen molar-refractivity contribution in [2.45, 2.75) is 13.5 Å². The summed E-state index contributed by atoms with van der Waals surface area (Å²) >= 11 is 0. The summed E-state index contributed by atoms with van der Waals surface area (Å²) in [7, 11) is 0. The second kappa shape index (κ2) is 4.27. The zero-order chi connectivity index (χ0) is 15.4. The number of fused-ring (bicyclic) bond motifs is 4. The van der Waals surface area contributed by atoms with Crippen LogP contribution in [0.5, 0.6) is 0 Å². The van der Waals surface area contributed by atoms with E-state index in [1.54, 1.807) is 0 Å². The Bertz CT molecular complexity index is 1020. The van der Waals surface area contributed by atoms with E-state index in [4.69, 9.17) is 0 Å². The lowest BCUT2D eigenvalue weighted by Gasteiger charge is -2.16. The van der Waals surface area contributed by atoms with Crippen molar-refractivity contribution in [1.29, 1.82) is 0 Å². The Hall–Kier alpha value is -2.95. The number of aromatic amines is 1. The number of H-pyrrole nitrogens is 1. The zero-order valence-electron chi connectivity index (χ0n) is 11.8. The van der Waals surface area contributed by atoms with Crippen LogP contribution in [0.4, 0.5) is 0 Å². The maximum Gasteiger partial charge on any atom is 0.248 e. The third-order valence-electron chi connectivity index (χ3n) is 4.14. The fraction of sp³-hybridized carbons (Fsp3) is 0.118. The lowest BCUT2D eigenvalue weighted by Crippen LogP contribution is -2.25. The molecule has 0 aliphatic heterocycles. The molecule has 1 N–H and O–H groups in total. The molecule has 1 aliphatic carbocycles. The largest absolute Gasteiger partial charge is 0.337 e. The Balaban J connectivity index is 2.17. The number of rotatable bonds is 1. The summed E-state index contributed by atoms with van der Waals surface area (Å²) in [6.45, 7) is 2.51. The summed E-state index contributed by atoms with van der Waals surface area (Å²) in [5.74, 6) is -0.488. The van der Waals surface area contributed by atoms with Gasteiger partial charge in [-0.05, 0) is 13.0 Å². The van der Waals surface area contributed by atoms with Crippen LogP contribution in [0.25, 0.3) is 10.9 Å². The summed E-state index contributed by atoms with van der Waals surface area (Å²) in [6.07, 6.45) is 1.33. The Labute approximate surface area is 125 Å². The standard InChI is InChI=1S/C17H12N2O3/c1-2-19-12-6-4-3-5-9(12)14-15(19)17(22)10-7-13(20)18-8-11(10)16(14)21/h3-8H,2H2,1H3,(H,18,20). The monoisotopic (exact) mass is 292 g/mol. The van der Waals surface area contributed by atoms with Crippen LogP contribution < -0.4 is 5.56 Å². The highest BCUT2D eigenvalue weighted by Gasteiger charge is 2.35. The quantitative estimate of drug-likeness (QED) is 0.584. The number of carbonyl (C=O) groups excluding carboxylic acids is 2. The van der Waals surface area contributed by atoms with Gasteiger partial charge in [0.15, 0.2) is 5.78 Å².